The molecule has 32 heavy (non-hydrogen) atoms. The van der Waals surface area contributed by atoms with Gasteiger partial charge in [-0.1, -0.05) is 6.92 Å². The number of nitrogens with one attached hydrogen (secondary N) is 2. The molecule has 7 rings (SSSR count). The van der Waals surface area contributed by atoms with Gasteiger partial charge >= 0.3 is 0 Å². The first-order valence-corrected chi connectivity index (χ1v) is 11.1. The summed E-state index contributed by atoms with van der Waals surface area (Å²) in [6, 6.07) is 7.89. The van der Waals surface area contributed by atoms with Crippen LogP contribution in [0.5, 0.6) is 0 Å². The van der Waals surface area contributed by atoms with Crippen LogP contribution in [0, 0.1) is 29.4 Å². The quantitative estimate of drug-likeness (QED) is 0.424. The maximum atomic E-state index is 14.2. The number of aromatic nitrogens is 4. The van der Waals surface area contributed by atoms with Crippen LogP contribution in [0.15, 0.2) is 41.0 Å². The van der Waals surface area contributed by atoms with Gasteiger partial charge in [-0.25, -0.2) is 18.7 Å². The molecule has 3 aromatic heterocycles. The zero-order valence-electron chi connectivity index (χ0n) is 17.6. The van der Waals surface area contributed by atoms with Crippen LogP contribution in [-0.4, -0.2) is 26.2 Å². The molecule has 3 fully saturated rings. The third-order valence-electron chi connectivity index (χ3n) is 7.25. The van der Waals surface area contributed by atoms with Crippen LogP contribution in [0.1, 0.15) is 32.6 Å². The molecule has 2 N–H and O–H groups in total. The van der Waals surface area contributed by atoms with Crippen LogP contribution < -0.4 is 5.32 Å². The van der Waals surface area contributed by atoms with Crippen molar-refractivity contribution in [1.82, 2.24) is 20.2 Å². The van der Waals surface area contributed by atoms with E-state index in [1.165, 1.54) is 31.7 Å². The number of fused-ring (bicyclic) bond motifs is 4. The van der Waals surface area contributed by atoms with Crippen LogP contribution >= 0.6 is 0 Å². The first-order chi connectivity index (χ1) is 15.6. The second-order valence-corrected chi connectivity index (χ2v) is 9.03. The second kappa shape index (κ2) is 7.39. The van der Waals surface area contributed by atoms with Crippen LogP contribution in [0.3, 0.4) is 0 Å². The number of nitrogens with zero attached hydrogens (tertiary/aromatic N) is 3. The van der Waals surface area contributed by atoms with Gasteiger partial charge in [-0.2, -0.15) is 5.10 Å². The molecule has 164 valence electrons. The fourth-order valence-corrected chi connectivity index (χ4v) is 5.57. The highest BCUT2D eigenvalue weighted by molar-refractivity contribution is 5.92. The smallest absolute Gasteiger partial charge is 0.180 e. The van der Waals surface area contributed by atoms with Gasteiger partial charge in [0.2, 0.25) is 0 Å². The normalized spacial score (nSPS) is 24.8. The van der Waals surface area contributed by atoms with E-state index in [-0.39, 0.29) is 5.52 Å². The molecule has 1 aromatic carbocycles. The van der Waals surface area contributed by atoms with Crippen LogP contribution in [0.2, 0.25) is 0 Å². The molecule has 8 heteroatoms. The van der Waals surface area contributed by atoms with Gasteiger partial charge in [0, 0.05) is 23.6 Å². The number of furan rings is 1. The van der Waals surface area contributed by atoms with Gasteiger partial charge in [0.1, 0.15) is 28.5 Å². The predicted octanol–water partition coefficient (Wildman–Crippen LogP) is 5.79. The van der Waals surface area contributed by atoms with Crippen molar-refractivity contribution in [3.8, 4) is 23.0 Å². The number of hydrogen-bond donors (Lipinski definition) is 2. The van der Waals surface area contributed by atoms with E-state index in [0.29, 0.717) is 52.1 Å². The first-order valence-electron chi connectivity index (χ1n) is 11.1. The molecule has 0 spiro atoms. The molecule has 3 heterocycles. The molecule has 2 bridgehead atoms. The molecule has 0 amide bonds. The highest BCUT2D eigenvalue weighted by atomic mass is 19.1. The maximum absolute atomic E-state index is 14.2. The molecule has 3 aliphatic carbocycles. The SMILES string of the molecule is C[C@H]1C2CCC(CC2)[C@@H]1Nc1cc(-c2ccco2)nc(-c2[nH]nc3c(F)cc(F)cc23)n1. The Kier molecular flexibility index (Phi) is 4.48. The third-order valence-corrected chi connectivity index (χ3v) is 7.25. The van der Waals surface area contributed by atoms with Crippen molar-refractivity contribution >= 4 is 16.7 Å². The lowest BCUT2D eigenvalue weighted by atomic mass is 9.62. The van der Waals surface area contributed by atoms with Gasteiger partial charge in [-0.3, -0.25) is 5.10 Å². The Morgan fingerprint density at radius 3 is 2.62 bits per heavy atom. The predicted molar refractivity (Wildman–Crippen MR) is 117 cm³/mol. The van der Waals surface area contributed by atoms with E-state index in [0.717, 1.165) is 12.0 Å². The number of benzene rings is 1. The van der Waals surface area contributed by atoms with Gasteiger partial charge in [0.25, 0.3) is 0 Å². The maximum Gasteiger partial charge on any atom is 0.180 e. The second-order valence-electron chi connectivity index (χ2n) is 9.03. The highest BCUT2D eigenvalue weighted by Crippen LogP contribution is 2.46. The Morgan fingerprint density at radius 2 is 1.88 bits per heavy atom. The van der Waals surface area contributed by atoms with Crippen molar-refractivity contribution in [2.75, 3.05) is 5.32 Å². The summed E-state index contributed by atoms with van der Waals surface area (Å²) in [6.45, 7) is 2.32. The molecular weight excluding hydrogens is 412 g/mol. The van der Waals surface area contributed by atoms with Gasteiger partial charge in [-0.05, 0) is 61.6 Å². The fraction of sp³-hybridized carbons (Fsp3) is 0.375. The summed E-state index contributed by atoms with van der Waals surface area (Å²) in [5.74, 6) is 2.09. The fourth-order valence-electron chi connectivity index (χ4n) is 5.57. The molecule has 4 aromatic rings. The number of halogens is 2. The van der Waals surface area contributed by atoms with E-state index >= 15 is 0 Å². The lowest BCUT2D eigenvalue weighted by Gasteiger charge is -2.47. The van der Waals surface area contributed by atoms with Gasteiger partial charge in [0.15, 0.2) is 17.4 Å². The third kappa shape index (κ3) is 3.16. The van der Waals surface area contributed by atoms with E-state index in [9.17, 15) is 8.78 Å². The number of H-pyrrole nitrogens is 1. The van der Waals surface area contributed by atoms with E-state index < -0.39 is 11.6 Å². The molecule has 0 unspecified atom stereocenters. The Hall–Kier alpha value is -3.29. The van der Waals surface area contributed by atoms with Crippen molar-refractivity contribution < 1.29 is 13.2 Å². The van der Waals surface area contributed by atoms with E-state index in [1.807, 2.05) is 12.1 Å². The molecule has 0 saturated heterocycles. The topological polar surface area (TPSA) is 79.6 Å². The summed E-state index contributed by atoms with van der Waals surface area (Å²) in [7, 11) is 0. The standard InChI is InChI=1S/C24H23F2N5O/c1-12-13-4-6-14(7-5-13)21(12)28-20-11-18(19-3-2-8-32-19)27-24(29-20)23-16-9-15(25)10-17(26)22(16)30-31-23/h2-3,8-14,21H,4-7H2,1H3,(H,30,31)(H,27,28,29)/t12-,13?,14?,21+/m0/s1. The van der Waals surface area contributed by atoms with E-state index in [2.05, 4.69) is 27.4 Å². The van der Waals surface area contributed by atoms with Crippen LogP contribution in [0.25, 0.3) is 33.9 Å². The molecule has 3 aliphatic rings. The number of aromatic amines is 1. The van der Waals surface area contributed by atoms with E-state index in [4.69, 9.17) is 9.40 Å². The lowest BCUT2D eigenvalue weighted by molar-refractivity contribution is 0.0928. The Balaban J connectivity index is 1.46. The summed E-state index contributed by atoms with van der Waals surface area (Å²) < 4.78 is 33.7. The Morgan fingerprint density at radius 1 is 1.06 bits per heavy atom. The average molecular weight is 435 g/mol. The van der Waals surface area contributed by atoms with Crippen LogP contribution in [0.4, 0.5) is 14.6 Å². The minimum atomic E-state index is -0.727. The zero-order chi connectivity index (χ0) is 21.8. The summed E-state index contributed by atoms with van der Waals surface area (Å²) in [4.78, 5) is 9.35. The number of rotatable bonds is 4. The van der Waals surface area contributed by atoms with Crippen molar-refractivity contribution in [1.29, 1.82) is 0 Å². The zero-order valence-corrected chi connectivity index (χ0v) is 17.6. The van der Waals surface area contributed by atoms with Gasteiger partial charge in [0.05, 0.1) is 6.26 Å². The largest absolute Gasteiger partial charge is 0.463 e. The summed E-state index contributed by atoms with van der Waals surface area (Å²) >= 11 is 0. The molecule has 0 radical (unpaired) electrons. The van der Waals surface area contributed by atoms with Gasteiger partial charge in [-0.15, -0.1) is 0 Å². The Labute approximate surface area is 183 Å². The van der Waals surface area contributed by atoms with Crippen LogP contribution in [-0.2, 0) is 0 Å². The molecule has 0 aliphatic heterocycles. The Bertz CT molecular complexity index is 1280. The summed E-state index contributed by atoms with van der Waals surface area (Å²) in [5, 5.41) is 10.8. The monoisotopic (exact) mass is 435 g/mol. The molecular formula is C24H23F2N5O. The average Bonchev–Trinajstić information content (AvgIpc) is 3.47. The van der Waals surface area contributed by atoms with Crippen molar-refractivity contribution in [3.05, 3.63) is 48.2 Å². The highest BCUT2D eigenvalue weighted by Gasteiger charge is 2.41. The van der Waals surface area contributed by atoms with Crippen molar-refractivity contribution in [2.45, 2.75) is 38.6 Å². The first kappa shape index (κ1) is 19.4. The summed E-state index contributed by atoms with van der Waals surface area (Å²) in [6.07, 6.45) is 6.66. The summed E-state index contributed by atoms with van der Waals surface area (Å²) in [5.41, 5.74) is 1.02. The lowest BCUT2D eigenvalue weighted by Crippen LogP contribution is -2.47. The number of hydrogen-bond acceptors (Lipinski definition) is 5. The van der Waals surface area contributed by atoms with E-state index in [1.54, 1.807) is 12.3 Å². The van der Waals surface area contributed by atoms with Gasteiger partial charge < -0.3 is 9.73 Å². The minimum Gasteiger partial charge on any atom is -0.463 e. The van der Waals surface area contributed by atoms with Crippen molar-refractivity contribution in [2.24, 2.45) is 17.8 Å². The molecule has 3 saturated carbocycles. The molecule has 2 atom stereocenters. The molecule has 6 nitrogen and oxygen atoms in total. The van der Waals surface area contributed by atoms with Crippen molar-refractivity contribution in [3.63, 3.8) is 0 Å². The minimum absolute atomic E-state index is 0.0566. The number of anilines is 1.